The largest absolute Gasteiger partial charge is 0.497 e. The summed E-state index contributed by atoms with van der Waals surface area (Å²) in [4.78, 5) is 23.0. The van der Waals surface area contributed by atoms with E-state index >= 15 is 0 Å². The first kappa shape index (κ1) is 17.3. The normalized spacial score (nSPS) is 11.0. The second-order valence-corrected chi connectivity index (χ2v) is 7.07. The van der Waals surface area contributed by atoms with E-state index in [2.05, 4.69) is 26.7 Å². The van der Waals surface area contributed by atoms with Crippen molar-refractivity contribution in [2.75, 3.05) is 19.0 Å². The number of nitrogens with one attached hydrogen (secondary N) is 1. The Balaban J connectivity index is 1.70. The minimum Gasteiger partial charge on any atom is -0.497 e. The highest BCUT2D eigenvalue weighted by Gasteiger charge is 2.15. The molecule has 27 heavy (non-hydrogen) atoms. The minimum atomic E-state index is -0.178. The summed E-state index contributed by atoms with van der Waals surface area (Å²) in [5, 5.41) is 5.30. The van der Waals surface area contributed by atoms with E-state index in [9.17, 15) is 4.79 Å². The van der Waals surface area contributed by atoms with E-state index < -0.39 is 0 Å². The lowest BCUT2D eigenvalue weighted by atomic mass is 10.3. The van der Waals surface area contributed by atoms with Crippen molar-refractivity contribution in [3.8, 4) is 11.4 Å². The topological polar surface area (TPSA) is 74.0 Å². The maximum absolute atomic E-state index is 12.8. The van der Waals surface area contributed by atoms with Crippen LogP contribution in [0.5, 0.6) is 5.75 Å². The van der Waals surface area contributed by atoms with Gasteiger partial charge in [-0.05, 0) is 30.0 Å². The Hall–Kier alpha value is -3.13. The fourth-order valence-electron chi connectivity index (χ4n) is 2.93. The van der Waals surface area contributed by atoms with Gasteiger partial charge in [0.1, 0.15) is 11.3 Å². The van der Waals surface area contributed by atoms with Gasteiger partial charge in [-0.15, -0.1) is 11.3 Å². The van der Waals surface area contributed by atoms with Gasteiger partial charge in [-0.3, -0.25) is 4.57 Å². The SMILES string of the molecule is COc1cccc(-n2c(=O)n(C)c3cnc(NCCc4cccs4)nc32)c1. The van der Waals surface area contributed by atoms with Crippen molar-refractivity contribution in [1.29, 1.82) is 0 Å². The van der Waals surface area contributed by atoms with Crippen LogP contribution in [0.15, 0.2) is 52.8 Å². The van der Waals surface area contributed by atoms with Crippen LogP contribution in [0.3, 0.4) is 0 Å². The predicted molar refractivity (Wildman–Crippen MR) is 107 cm³/mol. The zero-order valence-electron chi connectivity index (χ0n) is 15.0. The molecular weight excluding hydrogens is 362 g/mol. The zero-order valence-corrected chi connectivity index (χ0v) is 15.9. The molecule has 1 N–H and O–H groups in total. The molecule has 0 amide bonds. The highest BCUT2D eigenvalue weighted by molar-refractivity contribution is 7.09. The molecule has 0 aliphatic heterocycles. The number of aromatic nitrogens is 4. The lowest BCUT2D eigenvalue weighted by Gasteiger charge is -2.07. The van der Waals surface area contributed by atoms with Crippen molar-refractivity contribution in [1.82, 2.24) is 19.1 Å². The van der Waals surface area contributed by atoms with Crippen LogP contribution in [0, 0.1) is 0 Å². The molecule has 8 heteroatoms. The van der Waals surface area contributed by atoms with Gasteiger partial charge >= 0.3 is 5.69 Å². The van der Waals surface area contributed by atoms with Crippen molar-refractivity contribution in [3.05, 3.63) is 63.3 Å². The number of hydrogen-bond donors (Lipinski definition) is 1. The van der Waals surface area contributed by atoms with Crippen LogP contribution < -0.4 is 15.7 Å². The van der Waals surface area contributed by atoms with Crippen LogP contribution >= 0.6 is 11.3 Å². The van der Waals surface area contributed by atoms with E-state index in [-0.39, 0.29) is 5.69 Å². The van der Waals surface area contributed by atoms with Crippen molar-refractivity contribution >= 4 is 28.4 Å². The molecule has 0 aliphatic rings. The fourth-order valence-corrected chi connectivity index (χ4v) is 3.64. The lowest BCUT2D eigenvalue weighted by molar-refractivity contribution is 0.414. The molecule has 4 aromatic rings. The third kappa shape index (κ3) is 3.31. The molecule has 0 atom stereocenters. The molecule has 3 heterocycles. The number of ether oxygens (including phenoxy) is 1. The first-order valence-electron chi connectivity index (χ1n) is 8.52. The van der Waals surface area contributed by atoms with Gasteiger partial charge in [-0.1, -0.05) is 12.1 Å². The van der Waals surface area contributed by atoms with E-state index in [1.807, 2.05) is 30.3 Å². The molecule has 0 fully saturated rings. The fraction of sp³-hybridized carbons (Fsp3) is 0.211. The van der Waals surface area contributed by atoms with Crippen LogP contribution in [0.4, 0.5) is 5.95 Å². The smallest absolute Gasteiger partial charge is 0.334 e. The number of rotatable bonds is 6. The van der Waals surface area contributed by atoms with Gasteiger partial charge in [-0.25, -0.2) is 14.3 Å². The number of thiophene rings is 1. The molecule has 0 bridgehead atoms. The van der Waals surface area contributed by atoms with Crippen molar-refractivity contribution in [2.24, 2.45) is 7.05 Å². The van der Waals surface area contributed by atoms with Crippen molar-refractivity contribution in [3.63, 3.8) is 0 Å². The van der Waals surface area contributed by atoms with Crippen LogP contribution in [-0.2, 0) is 13.5 Å². The van der Waals surface area contributed by atoms with Gasteiger partial charge in [0.15, 0.2) is 5.65 Å². The first-order valence-corrected chi connectivity index (χ1v) is 9.40. The summed E-state index contributed by atoms with van der Waals surface area (Å²) < 4.78 is 8.40. The molecule has 138 valence electrons. The molecule has 0 aliphatic carbocycles. The van der Waals surface area contributed by atoms with Gasteiger partial charge in [0, 0.05) is 24.5 Å². The summed E-state index contributed by atoms with van der Waals surface area (Å²) in [7, 11) is 3.32. The van der Waals surface area contributed by atoms with Gasteiger partial charge < -0.3 is 10.1 Å². The predicted octanol–water partition coefficient (Wildman–Crippen LogP) is 2.84. The highest BCUT2D eigenvalue weighted by atomic mass is 32.1. The van der Waals surface area contributed by atoms with Crippen LogP contribution in [-0.4, -0.2) is 32.8 Å². The number of anilines is 1. The molecule has 3 aromatic heterocycles. The number of aryl methyl sites for hydroxylation is 1. The quantitative estimate of drug-likeness (QED) is 0.556. The van der Waals surface area contributed by atoms with E-state index in [0.29, 0.717) is 28.5 Å². The second-order valence-electron chi connectivity index (χ2n) is 6.04. The molecule has 4 rings (SSSR count). The molecular formula is C19H19N5O2S. The minimum absolute atomic E-state index is 0.178. The Morgan fingerprint density at radius 3 is 2.93 bits per heavy atom. The third-order valence-corrected chi connectivity index (χ3v) is 5.28. The summed E-state index contributed by atoms with van der Waals surface area (Å²) in [6.07, 6.45) is 2.57. The summed E-state index contributed by atoms with van der Waals surface area (Å²) in [5.41, 5.74) is 1.76. The van der Waals surface area contributed by atoms with Crippen LogP contribution in [0.25, 0.3) is 16.9 Å². The number of hydrogen-bond acceptors (Lipinski definition) is 6. The standard InChI is InChI=1S/C19H19N5O2S/c1-23-16-12-21-18(20-9-8-15-7-4-10-27-15)22-17(16)24(19(23)25)13-5-3-6-14(11-13)26-2/h3-7,10-12H,8-9H2,1-2H3,(H,20,21,22). The molecule has 1 aromatic carbocycles. The van der Waals surface area contributed by atoms with Crippen LogP contribution in [0.1, 0.15) is 4.88 Å². The van der Waals surface area contributed by atoms with Gasteiger partial charge in [0.2, 0.25) is 5.95 Å². The number of nitrogens with zero attached hydrogens (tertiary/aromatic N) is 4. The molecule has 0 saturated carbocycles. The summed E-state index contributed by atoms with van der Waals surface area (Å²) in [6, 6.07) is 11.5. The monoisotopic (exact) mass is 381 g/mol. The Bertz CT molecular complexity index is 1130. The first-order chi connectivity index (χ1) is 13.2. The van der Waals surface area contributed by atoms with E-state index in [1.165, 1.54) is 4.88 Å². The van der Waals surface area contributed by atoms with Gasteiger partial charge in [0.25, 0.3) is 0 Å². The third-order valence-electron chi connectivity index (χ3n) is 4.35. The summed E-state index contributed by atoms with van der Waals surface area (Å²) in [6.45, 7) is 0.724. The zero-order chi connectivity index (χ0) is 18.8. The average molecular weight is 381 g/mol. The van der Waals surface area contributed by atoms with Gasteiger partial charge in [0.05, 0.1) is 19.0 Å². The molecule has 0 saturated heterocycles. The number of imidazole rings is 1. The number of benzene rings is 1. The number of fused-ring (bicyclic) bond motifs is 1. The van der Waals surface area contributed by atoms with Gasteiger partial charge in [-0.2, -0.15) is 4.98 Å². The maximum atomic E-state index is 12.8. The Morgan fingerprint density at radius 2 is 2.15 bits per heavy atom. The molecule has 0 spiro atoms. The second kappa shape index (κ2) is 7.24. The highest BCUT2D eigenvalue weighted by Crippen LogP contribution is 2.20. The lowest BCUT2D eigenvalue weighted by Crippen LogP contribution is -2.21. The molecule has 0 unspecified atom stereocenters. The van der Waals surface area contributed by atoms with E-state index in [4.69, 9.17) is 4.74 Å². The van der Waals surface area contributed by atoms with E-state index in [0.717, 1.165) is 13.0 Å². The van der Waals surface area contributed by atoms with E-state index in [1.54, 1.807) is 40.8 Å². The Labute approximate surface area is 159 Å². The Morgan fingerprint density at radius 1 is 1.26 bits per heavy atom. The number of methoxy groups -OCH3 is 1. The average Bonchev–Trinajstić information content (AvgIpc) is 3.29. The van der Waals surface area contributed by atoms with Crippen molar-refractivity contribution in [2.45, 2.75) is 6.42 Å². The summed E-state index contributed by atoms with van der Waals surface area (Å²) in [5.74, 6) is 1.18. The summed E-state index contributed by atoms with van der Waals surface area (Å²) >= 11 is 1.73. The molecule has 7 nitrogen and oxygen atoms in total. The maximum Gasteiger partial charge on any atom is 0.334 e. The molecule has 0 radical (unpaired) electrons. The van der Waals surface area contributed by atoms with Crippen molar-refractivity contribution < 1.29 is 4.74 Å². The Kier molecular flexibility index (Phi) is 4.64. The van der Waals surface area contributed by atoms with Crippen LogP contribution in [0.2, 0.25) is 0 Å².